The maximum absolute atomic E-state index is 10.2. The minimum atomic E-state index is -0.837. The number of hydrogen-bond donors (Lipinski definition) is 3. The summed E-state index contributed by atoms with van der Waals surface area (Å²) in [5.41, 5.74) is -0.837. The van der Waals surface area contributed by atoms with Gasteiger partial charge in [0.25, 0.3) is 0 Å². The fourth-order valence-electron chi connectivity index (χ4n) is 2.44. The minimum absolute atomic E-state index is 0.201. The van der Waals surface area contributed by atoms with Crippen LogP contribution in [0.15, 0.2) is 0 Å². The number of aliphatic hydroxyl groups excluding tert-OH is 3. The lowest BCUT2D eigenvalue weighted by molar-refractivity contribution is -0.916. The van der Waals surface area contributed by atoms with Crippen molar-refractivity contribution in [2.24, 2.45) is 0 Å². The molecule has 0 amide bonds. The molecule has 0 saturated carbocycles. The van der Waals surface area contributed by atoms with Crippen LogP contribution in [0, 0.1) is 0 Å². The summed E-state index contributed by atoms with van der Waals surface area (Å²) in [6.45, 7) is 2.31. The molecule has 0 aliphatic heterocycles. The number of alkyl halides is 2. The fourth-order valence-corrected chi connectivity index (χ4v) is 2.64. The largest absolute Gasteiger partial charge is 0.386 e. The van der Waals surface area contributed by atoms with Gasteiger partial charge >= 0.3 is 0 Å². The van der Waals surface area contributed by atoms with Crippen molar-refractivity contribution in [3.8, 4) is 0 Å². The lowest BCUT2D eigenvalue weighted by atomic mass is 10.2. The smallest absolute Gasteiger partial charge is 0.152 e. The van der Waals surface area contributed by atoms with E-state index in [1.165, 1.54) is 0 Å². The van der Waals surface area contributed by atoms with Gasteiger partial charge in [0.1, 0.15) is 31.3 Å². The first-order valence-corrected chi connectivity index (χ1v) is 7.83. The van der Waals surface area contributed by atoms with Crippen molar-refractivity contribution < 1.29 is 24.3 Å². The van der Waals surface area contributed by atoms with Gasteiger partial charge in [0.2, 0.25) is 0 Å². The Morgan fingerprint density at radius 1 is 0.850 bits per heavy atom. The molecule has 0 spiro atoms. The molecule has 7 heteroatoms. The van der Waals surface area contributed by atoms with Gasteiger partial charge in [0.15, 0.2) is 6.10 Å². The first-order valence-electron chi connectivity index (χ1n) is 6.86. The van der Waals surface area contributed by atoms with E-state index in [4.69, 9.17) is 28.3 Å². The second kappa shape index (κ2) is 8.73. The first kappa shape index (κ1) is 20.4. The summed E-state index contributed by atoms with van der Waals surface area (Å²) in [6.07, 6.45) is -0.562. The summed E-state index contributed by atoms with van der Waals surface area (Å²) in [7, 11) is 7.91. The van der Waals surface area contributed by atoms with Crippen molar-refractivity contribution in [3.63, 3.8) is 0 Å². The van der Waals surface area contributed by atoms with E-state index < -0.39 is 17.8 Å². The van der Waals surface area contributed by atoms with Crippen molar-refractivity contribution in [1.82, 2.24) is 0 Å². The molecule has 0 aromatic carbocycles. The van der Waals surface area contributed by atoms with Gasteiger partial charge in [-0.05, 0) is 0 Å². The zero-order chi connectivity index (χ0) is 16.0. The molecular formula is C13H30Cl2N2O3+2. The lowest BCUT2D eigenvalue weighted by Crippen LogP contribution is -2.55. The Labute approximate surface area is 132 Å². The third-order valence-electron chi connectivity index (χ3n) is 3.27. The molecule has 0 aliphatic rings. The van der Waals surface area contributed by atoms with Crippen molar-refractivity contribution in [2.45, 2.75) is 24.2 Å². The van der Waals surface area contributed by atoms with Gasteiger partial charge in [-0.2, -0.15) is 0 Å². The number of rotatable bonds is 10. The summed E-state index contributed by atoms with van der Waals surface area (Å²) in [4.78, 5) is 0. The average Bonchev–Trinajstić information content (AvgIpc) is 2.23. The standard InChI is InChI=1S/C13H30Cl2N2O3/c1-16(2,6-5-13(15)20)9-12(19)10-17(3,4)8-11(18)7-14/h11-13,18-20H,5-10H2,1-4H3/q+2. The molecule has 5 nitrogen and oxygen atoms in total. The summed E-state index contributed by atoms with van der Waals surface area (Å²) in [6, 6.07) is 0. The van der Waals surface area contributed by atoms with Gasteiger partial charge in [-0.3, -0.25) is 0 Å². The summed E-state index contributed by atoms with van der Waals surface area (Å²) < 4.78 is 1.09. The molecule has 20 heavy (non-hydrogen) atoms. The van der Waals surface area contributed by atoms with Crippen molar-refractivity contribution in [1.29, 1.82) is 0 Å². The maximum Gasteiger partial charge on any atom is 0.152 e. The van der Waals surface area contributed by atoms with E-state index >= 15 is 0 Å². The Morgan fingerprint density at radius 2 is 1.30 bits per heavy atom. The van der Waals surface area contributed by atoms with Gasteiger partial charge in [0.05, 0.1) is 40.6 Å². The van der Waals surface area contributed by atoms with Gasteiger partial charge in [-0.1, -0.05) is 11.6 Å². The van der Waals surface area contributed by atoms with Crippen LogP contribution in [0.5, 0.6) is 0 Å². The van der Waals surface area contributed by atoms with Crippen LogP contribution < -0.4 is 0 Å². The van der Waals surface area contributed by atoms with Crippen molar-refractivity contribution >= 4 is 23.2 Å². The molecule has 0 aromatic heterocycles. The molecule has 3 N–H and O–H groups in total. The predicted molar refractivity (Wildman–Crippen MR) is 82.9 cm³/mol. The molecule has 0 radical (unpaired) electrons. The number of quaternary nitrogens is 2. The second-order valence-electron chi connectivity index (χ2n) is 6.83. The zero-order valence-electron chi connectivity index (χ0n) is 13.0. The maximum atomic E-state index is 10.2. The van der Waals surface area contributed by atoms with Crippen molar-refractivity contribution in [3.05, 3.63) is 0 Å². The van der Waals surface area contributed by atoms with Crippen LogP contribution in [0.2, 0.25) is 0 Å². The van der Waals surface area contributed by atoms with Crippen LogP contribution >= 0.6 is 23.2 Å². The van der Waals surface area contributed by atoms with E-state index in [1.54, 1.807) is 0 Å². The van der Waals surface area contributed by atoms with E-state index in [-0.39, 0.29) is 5.88 Å². The van der Waals surface area contributed by atoms with Crippen LogP contribution in [0.3, 0.4) is 0 Å². The first-order chi connectivity index (χ1) is 8.97. The van der Waals surface area contributed by atoms with E-state index in [0.717, 1.165) is 0 Å². The highest BCUT2D eigenvalue weighted by molar-refractivity contribution is 6.19. The molecule has 0 aromatic rings. The summed E-state index contributed by atoms with van der Waals surface area (Å²) in [5.74, 6) is 0.201. The third-order valence-corrected chi connectivity index (χ3v) is 3.84. The normalized spacial score (nSPS) is 17.9. The van der Waals surface area contributed by atoms with Crippen LogP contribution in [0.4, 0.5) is 0 Å². The molecular weight excluding hydrogens is 303 g/mol. The Kier molecular flexibility index (Phi) is 8.90. The molecule has 0 aliphatic carbocycles. The molecule has 3 unspecified atom stereocenters. The molecule has 0 bridgehead atoms. The Morgan fingerprint density at radius 3 is 1.75 bits per heavy atom. The molecule has 3 atom stereocenters. The van der Waals surface area contributed by atoms with E-state index in [9.17, 15) is 10.2 Å². The van der Waals surface area contributed by atoms with Gasteiger partial charge in [-0.15, -0.1) is 11.6 Å². The molecule has 122 valence electrons. The number of likely N-dealkylation sites (N-methyl/N-ethyl adjacent to an activating group) is 2. The summed E-state index contributed by atoms with van der Waals surface area (Å²) in [5, 5.41) is 29.0. The Bertz CT molecular complexity index is 276. The Balaban J connectivity index is 4.28. The van der Waals surface area contributed by atoms with Crippen LogP contribution in [0.1, 0.15) is 6.42 Å². The molecule has 0 heterocycles. The van der Waals surface area contributed by atoms with Gasteiger partial charge in [-0.25, -0.2) is 0 Å². The van der Waals surface area contributed by atoms with Crippen LogP contribution in [-0.4, -0.2) is 102 Å². The minimum Gasteiger partial charge on any atom is -0.386 e. The topological polar surface area (TPSA) is 60.7 Å². The highest BCUT2D eigenvalue weighted by atomic mass is 35.5. The zero-order valence-corrected chi connectivity index (χ0v) is 14.5. The Hall–Kier alpha value is 0.380. The monoisotopic (exact) mass is 332 g/mol. The van der Waals surface area contributed by atoms with Crippen molar-refractivity contribution in [2.75, 3.05) is 60.2 Å². The van der Waals surface area contributed by atoms with Crippen LogP contribution in [-0.2, 0) is 0 Å². The molecule has 0 saturated heterocycles. The number of halogens is 2. The quantitative estimate of drug-likeness (QED) is 0.391. The highest BCUT2D eigenvalue weighted by Gasteiger charge is 2.28. The van der Waals surface area contributed by atoms with E-state index in [2.05, 4.69) is 0 Å². The average molecular weight is 333 g/mol. The number of nitrogens with zero attached hydrogens (tertiary/aromatic N) is 2. The fraction of sp³-hybridized carbons (Fsp3) is 1.00. The number of aliphatic hydroxyl groups is 3. The van der Waals surface area contributed by atoms with E-state index in [1.807, 2.05) is 28.2 Å². The van der Waals surface area contributed by atoms with E-state index in [0.29, 0.717) is 41.6 Å². The third kappa shape index (κ3) is 10.2. The van der Waals surface area contributed by atoms with Crippen LogP contribution in [0.25, 0.3) is 0 Å². The number of hydrogen-bond acceptors (Lipinski definition) is 3. The summed E-state index contributed by atoms with van der Waals surface area (Å²) >= 11 is 11.1. The molecule has 0 fully saturated rings. The highest BCUT2D eigenvalue weighted by Crippen LogP contribution is 2.09. The predicted octanol–water partition coefficient (Wildman–Crippen LogP) is 0.0471. The van der Waals surface area contributed by atoms with Gasteiger partial charge in [0, 0.05) is 6.42 Å². The lowest BCUT2D eigenvalue weighted by Gasteiger charge is -2.36. The van der Waals surface area contributed by atoms with Gasteiger partial charge < -0.3 is 24.3 Å². The SMILES string of the molecule is C[N+](C)(CCC(O)Cl)CC(O)C[N+](C)(C)CC(O)CCl. The molecule has 0 rings (SSSR count). The second-order valence-corrected chi connectivity index (χ2v) is 7.64.